The summed E-state index contributed by atoms with van der Waals surface area (Å²) in [6, 6.07) is 4.88. The van der Waals surface area contributed by atoms with E-state index < -0.39 is 0 Å². The van der Waals surface area contributed by atoms with E-state index in [0.29, 0.717) is 47.0 Å². The molecule has 2 N–H and O–H groups in total. The van der Waals surface area contributed by atoms with Gasteiger partial charge < -0.3 is 15.2 Å². The summed E-state index contributed by atoms with van der Waals surface area (Å²) in [5.41, 5.74) is 5.96. The fraction of sp³-hybridized carbons (Fsp3) is 0.400. The van der Waals surface area contributed by atoms with Gasteiger partial charge in [0, 0.05) is 41.8 Å². The van der Waals surface area contributed by atoms with Crippen molar-refractivity contribution >= 4 is 29.1 Å². The summed E-state index contributed by atoms with van der Waals surface area (Å²) in [5.74, 6) is 0.970. The van der Waals surface area contributed by atoms with Gasteiger partial charge in [-0.05, 0) is 18.2 Å². The van der Waals surface area contributed by atoms with Gasteiger partial charge in [0.1, 0.15) is 0 Å². The van der Waals surface area contributed by atoms with E-state index in [1.807, 2.05) is 0 Å². The number of hydrogen-bond acceptors (Lipinski definition) is 6. The molecule has 0 unspecified atom stereocenters. The van der Waals surface area contributed by atoms with Gasteiger partial charge in [0.15, 0.2) is 5.82 Å². The van der Waals surface area contributed by atoms with Gasteiger partial charge in [0.05, 0.1) is 13.1 Å². The van der Waals surface area contributed by atoms with Crippen LogP contribution >= 0.6 is 23.2 Å². The maximum atomic E-state index is 12.5. The average Bonchev–Trinajstić information content (AvgIpc) is 3.01. The fourth-order valence-corrected chi connectivity index (χ4v) is 3.13. The smallest absolute Gasteiger partial charge is 0.254 e. The second-order valence-corrected chi connectivity index (χ2v) is 6.41. The molecule has 0 spiro atoms. The number of amides is 1. The quantitative estimate of drug-likeness (QED) is 0.883. The van der Waals surface area contributed by atoms with Crippen LogP contribution in [-0.2, 0) is 13.1 Å². The lowest BCUT2D eigenvalue weighted by Gasteiger charge is -2.34. The van der Waals surface area contributed by atoms with Crippen LogP contribution in [0.3, 0.4) is 0 Å². The van der Waals surface area contributed by atoms with E-state index in [0.717, 1.165) is 13.1 Å². The van der Waals surface area contributed by atoms with Crippen LogP contribution in [0.25, 0.3) is 0 Å². The van der Waals surface area contributed by atoms with Gasteiger partial charge in [-0.1, -0.05) is 28.4 Å². The third kappa shape index (κ3) is 4.05. The minimum atomic E-state index is -0.0657. The van der Waals surface area contributed by atoms with Crippen molar-refractivity contribution in [2.75, 3.05) is 26.2 Å². The van der Waals surface area contributed by atoms with Crippen molar-refractivity contribution in [2.45, 2.75) is 13.1 Å². The molecule has 1 fully saturated rings. The molecule has 2 heterocycles. The summed E-state index contributed by atoms with van der Waals surface area (Å²) in [7, 11) is 0. The van der Waals surface area contributed by atoms with Crippen LogP contribution in [0.1, 0.15) is 22.1 Å². The first-order valence-corrected chi connectivity index (χ1v) is 8.30. The van der Waals surface area contributed by atoms with E-state index in [1.165, 1.54) is 0 Å². The minimum Gasteiger partial charge on any atom is -0.338 e. The van der Waals surface area contributed by atoms with E-state index in [2.05, 4.69) is 15.0 Å². The van der Waals surface area contributed by atoms with Crippen LogP contribution in [0.2, 0.25) is 10.0 Å². The number of piperazine rings is 1. The van der Waals surface area contributed by atoms with Gasteiger partial charge >= 0.3 is 0 Å². The summed E-state index contributed by atoms with van der Waals surface area (Å²) in [5, 5.41) is 4.80. The zero-order valence-corrected chi connectivity index (χ0v) is 14.4. The summed E-state index contributed by atoms with van der Waals surface area (Å²) in [6.45, 7) is 3.50. The lowest BCUT2D eigenvalue weighted by Crippen LogP contribution is -2.48. The van der Waals surface area contributed by atoms with E-state index in [9.17, 15) is 4.79 Å². The number of nitrogens with two attached hydrogens (primary N) is 1. The molecular formula is C15H17Cl2N5O2. The number of carbonyl (C=O) groups is 1. The molecule has 7 nitrogen and oxygen atoms in total. The topological polar surface area (TPSA) is 88.5 Å². The lowest BCUT2D eigenvalue weighted by atomic mass is 10.2. The van der Waals surface area contributed by atoms with Crippen LogP contribution in [0.5, 0.6) is 0 Å². The molecule has 0 bridgehead atoms. The largest absolute Gasteiger partial charge is 0.338 e. The maximum Gasteiger partial charge on any atom is 0.254 e. The Morgan fingerprint density at radius 1 is 1.17 bits per heavy atom. The second-order valence-electron chi connectivity index (χ2n) is 5.53. The molecule has 1 saturated heterocycles. The molecule has 9 heteroatoms. The highest BCUT2D eigenvalue weighted by Gasteiger charge is 2.23. The van der Waals surface area contributed by atoms with Crippen molar-refractivity contribution in [1.82, 2.24) is 19.9 Å². The maximum absolute atomic E-state index is 12.5. The number of halogens is 2. The van der Waals surface area contributed by atoms with Gasteiger partial charge in [0.25, 0.3) is 5.91 Å². The van der Waals surface area contributed by atoms with Crippen molar-refractivity contribution < 1.29 is 9.32 Å². The molecule has 24 heavy (non-hydrogen) atoms. The van der Waals surface area contributed by atoms with E-state index >= 15 is 0 Å². The van der Waals surface area contributed by atoms with Crippen molar-refractivity contribution in [3.8, 4) is 0 Å². The molecule has 128 valence electrons. The molecular weight excluding hydrogens is 353 g/mol. The van der Waals surface area contributed by atoms with Gasteiger partial charge in [-0.15, -0.1) is 0 Å². The van der Waals surface area contributed by atoms with Crippen LogP contribution in [0, 0.1) is 0 Å². The van der Waals surface area contributed by atoms with E-state index in [4.69, 9.17) is 33.5 Å². The molecule has 1 aliphatic rings. The summed E-state index contributed by atoms with van der Waals surface area (Å²) >= 11 is 11.9. The van der Waals surface area contributed by atoms with Gasteiger partial charge in [0.2, 0.25) is 5.89 Å². The summed E-state index contributed by atoms with van der Waals surface area (Å²) in [4.78, 5) is 20.7. The molecule has 0 saturated carbocycles. The Hall–Kier alpha value is -1.67. The minimum absolute atomic E-state index is 0.0657. The van der Waals surface area contributed by atoms with Crippen molar-refractivity contribution in [3.05, 3.63) is 45.5 Å². The monoisotopic (exact) mass is 369 g/mol. The van der Waals surface area contributed by atoms with Gasteiger partial charge in [-0.25, -0.2) is 0 Å². The SMILES string of the molecule is NCc1nc(CN2CCN(C(=O)c3cc(Cl)cc(Cl)c3)CC2)no1. The first-order chi connectivity index (χ1) is 11.5. The molecule has 1 aromatic carbocycles. The van der Waals surface area contributed by atoms with Crippen LogP contribution in [-0.4, -0.2) is 52.0 Å². The Morgan fingerprint density at radius 3 is 2.42 bits per heavy atom. The molecule has 0 aliphatic carbocycles. The number of benzene rings is 1. The first kappa shape index (κ1) is 17.2. The molecule has 1 amide bonds. The van der Waals surface area contributed by atoms with Gasteiger partial charge in [-0.2, -0.15) is 4.98 Å². The lowest BCUT2D eigenvalue weighted by molar-refractivity contribution is 0.0624. The predicted octanol–water partition coefficient (Wildman–Crippen LogP) is 1.79. The van der Waals surface area contributed by atoms with Crippen LogP contribution in [0.4, 0.5) is 0 Å². The van der Waals surface area contributed by atoms with Crippen molar-refractivity contribution in [1.29, 1.82) is 0 Å². The molecule has 1 aliphatic heterocycles. The van der Waals surface area contributed by atoms with Crippen molar-refractivity contribution in [3.63, 3.8) is 0 Å². The Morgan fingerprint density at radius 2 is 1.83 bits per heavy atom. The van der Waals surface area contributed by atoms with Gasteiger partial charge in [-0.3, -0.25) is 9.69 Å². The van der Waals surface area contributed by atoms with Crippen molar-refractivity contribution in [2.24, 2.45) is 5.73 Å². The third-order valence-electron chi connectivity index (χ3n) is 3.82. The Labute approximate surface area is 149 Å². The average molecular weight is 370 g/mol. The highest BCUT2D eigenvalue weighted by atomic mass is 35.5. The van der Waals surface area contributed by atoms with Crippen LogP contribution < -0.4 is 5.73 Å². The number of rotatable bonds is 4. The first-order valence-electron chi connectivity index (χ1n) is 7.54. The Balaban J connectivity index is 1.57. The molecule has 0 atom stereocenters. The normalized spacial score (nSPS) is 15.7. The Bertz CT molecular complexity index is 708. The molecule has 0 radical (unpaired) electrons. The number of nitrogens with zero attached hydrogens (tertiary/aromatic N) is 4. The molecule has 1 aromatic heterocycles. The molecule has 2 aromatic rings. The van der Waals surface area contributed by atoms with Crippen LogP contribution in [0.15, 0.2) is 22.7 Å². The number of aromatic nitrogens is 2. The zero-order valence-electron chi connectivity index (χ0n) is 12.9. The Kier molecular flexibility index (Phi) is 5.35. The summed E-state index contributed by atoms with van der Waals surface area (Å²) in [6.07, 6.45) is 0. The molecule has 3 rings (SSSR count). The second kappa shape index (κ2) is 7.48. The van der Waals surface area contributed by atoms with E-state index in [-0.39, 0.29) is 12.5 Å². The highest BCUT2D eigenvalue weighted by molar-refractivity contribution is 6.35. The zero-order chi connectivity index (χ0) is 17.1. The number of hydrogen-bond donors (Lipinski definition) is 1. The van der Waals surface area contributed by atoms with E-state index in [1.54, 1.807) is 23.1 Å². The summed E-state index contributed by atoms with van der Waals surface area (Å²) < 4.78 is 4.99. The fourth-order valence-electron chi connectivity index (χ4n) is 2.61. The third-order valence-corrected chi connectivity index (χ3v) is 4.26. The highest BCUT2D eigenvalue weighted by Crippen LogP contribution is 2.20. The predicted molar refractivity (Wildman–Crippen MR) is 89.8 cm³/mol. The standard InChI is InChI=1S/C15H17Cl2N5O2/c16-11-5-10(6-12(17)7-11)15(23)22-3-1-21(2-4-22)9-13-19-14(8-18)24-20-13/h5-7H,1-4,8-9,18H2. The number of carbonyl (C=O) groups excluding carboxylic acids is 1.